The molecule has 0 bridgehead atoms. The van der Waals surface area contributed by atoms with Gasteiger partial charge >= 0.3 is 17.9 Å². The lowest BCUT2D eigenvalue weighted by atomic mass is 9.91. The van der Waals surface area contributed by atoms with Crippen molar-refractivity contribution in [3.8, 4) is 0 Å². The van der Waals surface area contributed by atoms with Gasteiger partial charge in [-0.3, -0.25) is 4.79 Å². The van der Waals surface area contributed by atoms with Gasteiger partial charge in [0.2, 0.25) is 6.10 Å². The smallest absolute Gasteiger partial charge is 0.347 e. The van der Waals surface area contributed by atoms with Gasteiger partial charge in [0.25, 0.3) is 0 Å². The minimum atomic E-state index is -0.898. The summed E-state index contributed by atoms with van der Waals surface area (Å²) in [5.74, 6) is -1.94. The summed E-state index contributed by atoms with van der Waals surface area (Å²) in [6, 6.07) is 0. The molecule has 0 N–H and O–H groups in total. The third kappa shape index (κ3) is 3.94. The predicted molar refractivity (Wildman–Crippen MR) is 65.0 cm³/mol. The highest BCUT2D eigenvalue weighted by atomic mass is 16.6. The first-order chi connectivity index (χ1) is 8.77. The van der Waals surface area contributed by atoms with E-state index in [0.717, 1.165) is 0 Å². The van der Waals surface area contributed by atoms with Crippen molar-refractivity contribution in [3.63, 3.8) is 0 Å². The van der Waals surface area contributed by atoms with Crippen LogP contribution < -0.4 is 0 Å². The van der Waals surface area contributed by atoms with Crippen LogP contribution in [0.5, 0.6) is 0 Å². The summed E-state index contributed by atoms with van der Waals surface area (Å²) in [5, 5.41) is 0. The summed E-state index contributed by atoms with van der Waals surface area (Å²) in [4.78, 5) is 34.4. The molecule has 0 aromatic carbocycles. The van der Waals surface area contributed by atoms with Gasteiger partial charge in [0.1, 0.15) is 0 Å². The molecule has 1 aliphatic heterocycles. The first kappa shape index (κ1) is 15.5. The Morgan fingerprint density at radius 2 is 2.05 bits per heavy atom. The molecule has 6 nitrogen and oxygen atoms in total. The van der Waals surface area contributed by atoms with Crippen molar-refractivity contribution >= 4 is 17.9 Å². The Labute approximate surface area is 112 Å². The average molecular weight is 272 g/mol. The van der Waals surface area contributed by atoms with Crippen molar-refractivity contribution in [1.29, 1.82) is 0 Å². The van der Waals surface area contributed by atoms with Gasteiger partial charge in [-0.25, -0.2) is 9.59 Å². The van der Waals surface area contributed by atoms with Crippen molar-refractivity contribution in [1.82, 2.24) is 0 Å². The molecule has 1 rings (SSSR count). The van der Waals surface area contributed by atoms with Gasteiger partial charge in [0.15, 0.2) is 6.61 Å². The molecule has 1 saturated heterocycles. The van der Waals surface area contributed by atoms with Crippen LogP contribution in [0.15, 0.2) is 0 Å². The second-order valence-corrected chi connectivity index (χ2v) is 5.33. The molecular formula is C13H20O6. The van der Waals surface area contributed by atoms with Gasteiger partial charge in [-0.1, -0.05) is 13.8 Å². The Morgan fingerprint density at radius 3 is 2.53 bits per heavy atom. The molecule has 0 aliphatic carbocycles. The van der Waals surface area contributed by atoms with Crippen LogP contribution in [0.3, 0.4) is 0 Å². The number of esters is 3. The molecule has 2 atom stereocenters. The summed E-state index contributed by atoms with van der Waals surface area (Å²) in [5.41, 5.74) is -0.639. The minimum absolute atomic E-state index is 0.181. The van der Waals surface area contributed by atoms with Crippen LogP contribution in [0.2, 0.25) is 0 Å². The Balaban J connectivity index is 2.40. The number of cyclic esters (lactones) is 1. The summed E-state index contributed by atoms with van der Waals surface area (Å²) in [6.45, 7) is 6.82. The van der Waals surface area contributed by atoms with Crippen molar-refractivity contribution in [2.45, 2.75) is 40.2 Å². The van der Waals surface area contributed by atoms with Crippen LogP contribution in [0, 0.1) is 11.3 Å². The molecule has 0 saturated carbocycles. The van der Waals surface area contributed by atoms with Gasteiger partial charge < -0.3 is 14.2 Å². The number of rotatable bonds is 5. The average Bonchev–Trinajstić information content (AvgIpc) is 2.67. The Kier molecular flexibility index (Phi) is 4.91. The van der Waals surface area contributed by atoms with Gasteiger partial charge in [-0.2, -0.15) is 0 Å². The number of hydrogen-bond acceptors (Lipinski definition) is 6. The van der Waals surface area contributed by atoms with Gasteiger partial charge in [-0.05, 0) is 20.3 Å². The van der Waals surface area contributed by atoms with E-state index in [1.807, 2.05) is 6.92 Å². The zero-order valence-electron chi connectivity index (χ0n) is 11.7. The molecule has 6 heteroatoms. The first-order valence-electron chi connectivity index (χ1n) is 6.31. The third-order valence-electron chi connectivity index (χ3n) is 3.25. The highest BCUT2D eigenvalue weighted by Crippen LogP contribution is 2.22. The monoisotopic (exact) mass is 272 g/mol. The summed E-state index contributed by atoms with van der Waals surface area (Å²) in [6.07, 6.45) is -0.294. The topological polar surface area (TPSA) is 78.9 Å². The van der Waals surface area contributed by atoms with E-state index in [9.17, 15) is 14.4 Å². The van der Waals surface area contributed by atoms with E-state index in [2.05, 4.69) is 0 Å². The van der Waals surface area contributed by atoms with Crippen LogP contribution in [-0.4, -0.2) is 37.2 Å². The summed E-state index contributed by atoms with van der Waals surface area (Å²) < 4.78 is 14.6. The molecule has 0 aromatic heterocycles. The van der Waals surface area contributed by atoms with E-state index in [-0.39, 0.29) is 12.5 Å². The Bertz CT molecular complexity index is 373. The van der Waals surface area contributed by atoms with E-state index < -0.39 is 36.0 Å². The minimum Gasteiger partial charge on any atom is -0.462 e. The second-order valence-electron chi connectivity index (χ2n) is 5.33. The molecule has 0 amide bonds. The number of carbonyl (C=O) groups excluding carboxylic acids is 3. The van der Waals surface area contributed by atoms with Crippen LogP contribution in [0.25, 0.3) is 0 Å². The Hall–Kier alpha value is -1.59. The van der Waals surface area contributed by atoms with Crippen LogP contribution in [0.4, 0.5) is 0 Å². The highest BCUT2D eigenvalue weighted by molar-refractivity contribution is 5.83. The van der Waals surface area contributed by atoms with Gasteiger partial charge in [0, 0.05) is 5.92 Å². The zero-order valence-corrected chi connectivity index (χ0v) is 11.7. The van der Waals surface area contributed by atoms with Crippen LogP contribution >= 0.6 is 0 Å². The fourth-order valence-corrected chi connectivity index (χ4v) is 1.42. The first-order valence-corrected chi connectivity index (χ1v) is 6.31. The zero-order chi connectivity index (χ0) is 14.6. The van der Waals surface area contributed by atoms with Crippen LogP contribution in [0.1, 0.15) is 34.1 Å². The molecule has 0 spiro atoms. The van der Waals surface area contributed by atoms with Gasteiger partial charge in [0.05, 0.1) is 12.0 Å². The fraction of sp³-hybridized carbons (Fsp3) is 0.769. The van der Waals surface area contributed by atoms with Crippen molar-refractivity contribution in [2.24, 2.45) is 11.3 Å². The maximum Gasteiger partial charge on any atom is 0.347 e. The standard InChI is InChI=1S/C13H20O6/c1-5-13(3,4)12(16)18-7-9(14)19-10-8(2)6-17-11(10)15/h8,10H,5-7H2,1-4H3. The molecule has 0 radical (unpaired) electrons. The molecule has 1 heterocycles. The second kappa shape index (κ2) is 6.04. The van der Waals surface area contributed by atoms with Gasteiger partial charge in [-0.15, -0.1) is 0 Å². The number of carbonyl (C=O) groups is 3. The fourth-order valence-electron chi connectivity index (χ4n) is 1.42. The summed E-state index contributed by atoms with van der Waals surface area (Å²) in [7, 11) is 0. The maximum absolute atomic E-state index is 11.6. The molecule has 2 unspecified atom stereocenters. The molecular weight excluding hydrogens is 252 g/mol. The molecule has 0 aromatic rings. The van der Waals surface area contributed by atoms with E-state index in [0.29, 0.717) is 6.42 Å². The number of hydrogen-bond donors (Lipinski definition) is 0. The third-order valence-corrected chi connectivity index (χ3v) is 3.25. The quantitative estimate of drug-likeness (QED) is 0.550. The lowest BCUT2D eigenvalue weighted by molar-refractivity contribution is -0.171. The van der Waals surface area contributed by atoms with E-state index in [4.69, 9.17) is 14.2 Å². The summed E-state index contributed by atoms with van der Waals surface area (Å²) >= 11 is 0. The van der Waals surface area contributed by atoms with Crippen molar-refractivity contribution in [2.75, 3.05) is 13.2 Å². The molecule has 1 aliphatic rings. The van der Waals surface area contributed by atoms with Crippen molar-refractivity contribution < 1.29 is 28.6 Å². The number of ether oxygens (including phenoxy) is 3. The normalized spacial score (nSPS) is 22.8. The molecule has 19 heavy (non-hydrogen) atoms. The lowest BCUT2D eigenvalue weighted by Crippen LogP contribution is -2.32. The molecule has 1 fully saturated rings. The Morgan fingerprint density at radius 1 is 1.42 bits per heavy atom. The SMILES string of the molecule is CCC(C)(C)C(=O)OCC(=O)OC1C(=O)OCC1C. The highest BCUT2D eigenvalue weighted by Gasteiger charge is 2.37. The van der Waals surface area contributed by atoms with Crippen molar-refractivity contribution in [3.05, 3.63) is 0 Å². The van der Waals surface area contributed by atoms with E-state index in [1.54, 1.807) is 20.8 Å². The maximum atomic E-state index is 11.6. The predicted octanol–water partition coefficient (Wildman–Crippen LogP) is 1.07. The largest absolute Gasteiger partial charge is 0.462 e. The van der Waals surface area contributed by atoms with Crippen LogP contribution in [-0.2, 0) is 28.6 Å². The van der Waals surface area contributed by atoms with E-state index in [1.165, 1.54) is 0 Å². The molecule has 108 valence electrons. The lowest BCUT2D eigenvalue weighted by Gasteiger charge is -2.20. The van der Waals surface area contributed by atoms with E-state index >= 15 is 0 Å².